The summed E-state index contributed by atoms with van der Waals surface area (Å²) in [5.74, 6) is 0.163. The van der Waals surface area contributed by atoms with E-state index in [0.29, 0.717) is 4.90 Å². The molecule has 0 spiro atoms. The van der Waals surface area contributed by atoms with E-state index in [0.717, 1.165) is 43.4 Å². The Hall–Kier alpha value is -2.89. The van der Waals surface area contributed by atoms with Gasteiger partial charge in [-0.2, -0.15) is 0 Å². The highest BCUT2D eigenvalue weighted by molar-refractivity contribution is 7.91. The molecule has 0 bridgehead atoms. The summed E-state index contributed by atoms with van der Waals surface area (Å²) in [4.78, 5) is 5.96. The molecule has 164 valence electrons. The van der Waals surface area contributed by atoms with E-state index in [9.17, 15) is 8.42 Å². The van der Waals surface area contributed by atoms with E-state index in [1.807, 2.05) is 42.6 Å². The summed E-state index contributed by atoms with van der Waals surface area (Å²) in [5.41, 5.74) is 3.12. The molecule has 0 amide bonds. The lowest BCUT2D eigenvalue weighted by Crippen LogP contribution is -2.36. The second-order valence-corrected chi connectivity index (χ2v) is 11.1. The molecule has 3 aromatic carbocycles. The van der Waals surface area contributed by atoms with Gasteiger partial charge in [0.1, 0.15) is 0 Å². The third kappa shape index (κ3) is 4.50. The molecule has 5 rings (SSSR count). The Bertz CT molecular complexity index is 1300. The zero-order chi connectivity index (χ0) is 22.0. The molecule has 1 atom stereocenters. The van der Waals surface area contributed by atoms with Gasteiger partial charge in [-0.05, 0) is 54.8 Å². The molecule has 32 heavy (non-hydrogen) atoms. The quantitative estimate of drug-likeness (QED) is 0.433. The zero-order valence-corrected chi connectivity index (χ0v) is 18.9. The first-order valence-electron chi connectivity index (χ1n) is 11.1. The number of likely N-dealkylation sites (tertiary alicyclic amines) is 1. The molecule has 0 radical (unpaired) electrons. The van der Waals surface area contributed by atoms with Gasteiger partial charge in [-0.1, -0.05) is 60.7 Å². The van der Waals surface area contributed by atoms with Crippen LogP contribution in [0.3, 0.4) is 0 Å². The van der Waals surface area contributed by atoms with Crippen molar-refractivity contribution in [1.29, 1.82) is 0 Å². The summed E-state index contributed by atoms with van der Waals surface area (Å²) in [6.45, 7) is 2.54. The van der Waals surface area contributed by atoms with Gasteiger partial charge in [-0.25, -0.2) is 8.42 Å². The van der Waals surface area contributed by atoms with Gasteiger partial charge in [0, 0.05) is 35.6 Å². The largest absolute Gasteiger partial charge is 0.361 e. The van der Waals surface area contributed by atoms with Crippen LogP contribution in [0.4, 0.5) is 0 Å². The summed E-state index contributed by atoms with van der Waals surface area (Å²) in [5, 5.41) is 0.931. The molecule has 1 aromatic heterocycles. The number of aromatic amines is 1. The van der Waals surface area contributed by atoms with Gasteiger partial charge in [0.05, 0.1) is 10.6 Å². The van der Waals surface area contributed by atoms with Crippen molar-refractivity contribution in [3.63, 3.8) is 0 Å². The lowest BCUT2D eigenvalue weighted by atomic mass is 9.82. The molecule has 4 aromatic rings. The molecule has 2 heterocycles. The van der Waals surface area contributed by atoms with Crippen LogP contribution in [0.5, 0.6) is 0 Å². The minimum atomic E-state index is -3.43. The van der Waals surface area contributed by atoms with Crippen molar-refractivity contribution in [3.8, 4) is 0 Å². The predicted octanol–water partition coefficient (Wildman–Crippen LogP) is 5.08. The van der Waals surface area contributed by atoms with Gasteiger partial charge in [-0.3, -0.25) is 4.90 Å². The molecule has 1 aliphatic heterocycles. The van der Waals surface area contributed by atoms with Gasteiger partial charge >= 0.3 is 0 Å². The van der Waals surface area contributed by atoms with E-state index in [2.05, 4.69) is 46.3 Å². The minimum Gasteiger partial charge on any atom is -0.361 e. The third-order valence-corrected chi connectivity index (χ3v) is 8.53. The van der Waals surface area contributed by atoms with Crippen molar-refractivity contribution >= 4 is 20.7 Å². The van der Waals surface area contributed by atoms with E-state index in [4.69, 9.17) is 0 Å². The van der Waals surface area contributed by atoms with E-state index in [1.165, 1.54) is 11.1 Å². The monoisotopic (exact) mass is 444 g/mol. The van der Waals surface area contributed by atoms with Crippen LogP contribution in [0.1, 0.15) is 17.5 Å². The average Bonchev–Trinajstić information content (AvgIpc) is 3.41. The summed E-state index contributed by atoms with van der Waals surface area (Å²) in [7, 11) is -3.43. The maximum absolute atomic E-state index is 13.6. The fourth-order valence-electron chi connectivity index (χ4n) is 5.06. The van der Waals surface area contributed by atoms with Crippen molar-refractivity contribution in [1.82, 2.24) is 9.88 Å². The van der Waals surface area contributed by atoms with Crippen LogP contribution >= 0.6 is 0 Å². The van der Waals surface area contributed by atoms with E-state index >= 15 is 0 Å². The average molecular weight is 445 g/mol. The third-order valence-electron chi connectivity index (χ3n) is 6.57. The van der Waals surface area contributed by atoms with Crippen LogP contribution < -0.4 is 0 Å². The first kappa shape index (κ1) is 21.0. The Morgan fingerprint density at radius 2 is 1.59 bits per heavy atom. The van der Waals surface area contributed by atoms with Gasteiger partial charge in [0.25, 0.3) is 0 Å². The van der Waals surface area contributed by atoms with Gasteiger partial charge in [-0.15, -0.1) is 0 Å². The summed E-state index contributed by atoms with van der Waals surface area (Å²) in [6, 6.07) is 28.1. The van der Waals surface area contributed by atoms with Crippen molar-refractivity contribution < 1.29 is 8.42 Å². The Morgan fingerprint density at radius 1 is 0.875 bits per heavy atom. The van der Waals surface area contributed by atoms with Crippen LogP contribution in [-0.4, -0.2) is 37.1 Å². The highest BCUT2D eigenvalue weighted by Gasteiger charge is 2.42. The molecule has 5 heteroatoms. The lowest BCUT2D eigenvalue weighted by molar-refractivity contribution is 0.269. The van der Waals surface area contributed by atoms with Crippen molar-refractivity contribution in [2.45, 2.75) is 24.3 Å². The summed E-state index contributed by atoms with van der Waals surface area (Å²) < 4.78 is 27.2. The maximum Gasteiger partial charge on any atom is 0.179 e. The van der Waals surface area contributed by atoms with Crippen LogP contribution in [0.25, 0.3) is 10.9 Å². The highest BCUT2D eigenvalue weighted by atomic mass is 32.2. The number of benzene rings is 3. The number of nitrogens with zero attached hydrogens (tertiary/aromatic N) is 1. The summed E-state index contributed by atoms with van der Waals surface area (Å²) >= 11 is 0. The first-order chi connectivity index (χ1) is 15.5. The maximum atomic E-state index is 13.6. The number of aromatic nitrogens is 1. The van der Waals surface area contributed by atoms with E-state index in [-0.39, 0.29) is 11.2 Å². The second-order valence-electron chi connectivity index (χ2n) is 9.09. The fourth-order valence-corrected chi connectivity index (χ4v) is 6.95. The predicted molar refractivity (Wildman–Crippen MR) is 129 cm³/mol. The number of hydrogen-bond acceptors (Lipinski definition) is 3. The smallest absolute Gasteiger partial charge is 0.179 e. The Kier molecular flexibility index (Phi) is 5.62. The van der Waals surface area contributed by atoms with Crippen LogP contribution in [-0.2, 0) is 22.8 Å². The molecule has 1 N–H and O–H groups in total. The molecular formula is C27H28N2O2S. The standard InChI is InChI=1S/C27H28N2O2S/c30-32(31,25-11-12-26-24(17-25)13-15-28-26)21-27(18-22-7-3-1-4-8-22)14-16-29(20-27)19-23-9-5-2-6-10-23/h1-13,15,17,28H,14,16,18-21H2. The second kappa shape index (κ2) is 8.57. The topological polar surface area (TPSA) is 53.2 Å². The number of nitrogens with one attached hydrogen (secondary N) is 1. The fraction of sp³-hybridized carbons (Fsp3) is 0.259. The zero-order valence-electron chi connectivity index (χ0n) is 18.1. The minimum absolute atomic E-state index is 0.163. The van der Waals surface area contributed by atoms with Gasteiger partial charge < -0.3 is 4.98 Å². The molecule has 4 nitrogen and oxygen atoms in total. The van der Waals surface area contributed by atoms with Crippen molar-refractivity contribution in [2.24, 2.45) is 5.41 Å². The number of H-pyrrole nitrogens is 1. The normalized spacial score (nSPS) is 19.5. The van der Waals surface area contributed by atoms with Gasteiger partial charge in [0.2, 0.25) is 0 Å². The van der Waals surface area contributed by atoms with Crippen LogP contribution in [0.2, 0.25) is 0 Å². The molecule has 0 aliphatic carbocycles. The molecular weight excluding hydrogens is 416 g/mol. The van der Waals surface area contributed by atoms with Crippen molar-refractivity contribution in [2.75, 3.05) is 18.8 Å². The Labute approximate surface area is 189 Å². The highest BCUT2D eigenvalue weighted by Crippen LogP contribution is 2.38. The summed E-state index contributed by atoms with van der Waals surface area (Å²) in [6.07, 6.45) is 3.49. The van der Waals surface area contributed by atoms with Crippen molar-refractivity contribution in [3.05, 3.63) is 102 Å². The molecule has 1 aliphatic rings. The van der Waals surface area contributed by atoms with Crippen LogP contribution in [0.15, 0.2) is 96.0 Å². The Balaban J connectivity index is 1.43. The molecule has 0 saturated carbocycles. The van der Waals surface area contributed by atoms with Crippen LogP contribution in [0, 0.1) is 5.41 Å². The first-order valence-corrected chi connectivity index (χ1v) is 12.8. The molecule has 1 fully saturated rings. The number of rotatable bonds is 7. The Morgan fingerprint density at radius 3 is 2.34 bits per heavy atom. The van der Waals surface area contributed by atoms with E-state index in [1.54, 1.807) is 12.1 Å². The van der Waals surface area contributed by atoms with E-state index < -0.39 is 9.84 Å². The number of sulfone groups is 1. The lowest BCUT2D eigenvalue weighted by Gasteiger charge is -2.30. The number of fused-ring (bicyclic) bond motifs is 1. The van der Waals surface area contributed by atoms with Gasteiger partial charge in [0.15, 0.2) is 9.84 Å². The molecule has 1 unspecified atom stereocenters. The number of hydrogen-bond donors (Lipinski definition) is 1. The molecule has 1 saturated heterocycles. The SMILES string of the molecule is O=S(=O)(CC1(Cc2ccccc2)CCN(Cc2ccccc2)C1)c1ccc2[nH]ccc2c1.